The predicted molar refractivity (Wildman–Crippen MR) is 93.5 cm³/mol. The first-order chi connectivity index (χ1) is 11.6. The Bertz CT molecular complexity index is 998. The number of terminal acetylenes is 1. The van der Waals surface area contributed by atoms with E-state index in [4.69, 9.17) is 23.3 Å². The molecular weight excluding hydrogens is 302 g/mol. The van der Waals surface area contributed by atoms with Gasteiger partial charge in [0.25, 0.3) is 0 Å². The van der Waals surface area contributed by atoms with E-state index in [2.05, 4.69) is 26.1 Å². The monoisotopic (exact) mass is 315 g/mol. The number of nitrogen functional groups attached to an aromatic ring is 2. The van der Waals surface area contributed by atoms with Crippen LogP contribution >= 0.6 is 0 Å². The van der Waals surface area contributed by atoms with Crippen molar-refractivity contribution in [3.8, 4) is 12.3 Å². The Morgan fingerprint density at radius 3 is 2.62 bits per heavy atom. The van der Waals surface area contributed by atoms with E-state index >= 15 is 0 Å². The SMILES string of the molecule is C#Cc1ccc2cnc(N)c(N=Nc3ccc(C(=N)N)nc3)c2c1. The van der Waals surface area contributed by atoms with Gasteiger partial charge < -0.3 is 11.5 Å². The number of amidine groups is 1. The number of aromatic nitrogens is 2. The second kappa shape index (κ2) is 6.14. The normalized spacial score (nSPS) is 10.8. The van der Waals surface area contributed by atoms with Gasteiger partial charge in [0.15, 0.2) is 5.82 Å². The average molecular weight is 315 g/mol. The van der Waals surface area contributed by atoms with E-state index in [0.29, 0.717) is 17.1 Å². The lowest BCUT2D eigenvalue weighted by Crippen LogP contribution is -2.12. The third-order valence-corrected chi connectivity index (χ3v) is 3.35. The van der Waals surface area contributed by atoms with Crippen LogP contribution in [-0.4, -0.2) is 15.8 Å². The zero-order valence-corrected chi connectivity index (χ0v) is 12.6. The summed E-state index contributed by atoms with van der Waals surface area (Å²) in [4.78, 5) is 8.15. The minimum atomic E-state index is -0.109. The molecule has 0 atom stereocenters. The summed E-state index contributed by atoms with van der Waals surface area (Å²) in [6.07, 6.45) is 8.58. The standard InChI is InChI=1S/C17H13N7/c1-2-10-3-4-11-8-22-17(20)15(13(11)7-10)24-23-12-5-6-14(16(18)19)21-9-12/h1,3-9H,(H3,18,19)(H2,20,22). The smallest absolute Gasteiger partial charge is 0.151 e. The molecule has 0 spiro atoms. The zero-order valence-electron chi connectivity index (χ0n) is 12.6. The Morgan fingerprint density at radius 1 is 1.12 bits per heavy atom. The van der Waals surface area contributed by atoms with E-state index in [1.165, 1.54) is 6.20 Å². The summed E-state index contributed by atoms with van der Waals surface area (Å²) >= 11 is 0. The highest BCUT2D eigenvalue weighted by Gasteiger charge is 2.07. The summed E-state index contributed by atoms with van der Waals surface area (Å²) in [5.74, 6) is 2.73. The van der Waals surface area contributed by atoms with Crippen LogP contribution in [0, 0.1) is 17.8 Å². The second-order valence-electron chi connectivity index (χ2n) is 4.95. The molecule has 2 heterocycles. The Hall–Kier alpha value is -3.79. The molecule has 116 valence electrons. The second-order valence-corrected chi connectivity index (χ2v) is 4.95. The molecule has 0 aliphatic heterocycles. The van der Waals surface area contributed by atoms with Gasteiger partial charge in [-0.2, -0.15) is 0 Å². The first-order valence-electron chi connectivity index (χ1n) is 6.95. The molecule has 0 radical (unpaired) electrons. The molecule has 0 saturated carbocycles. The highest BCUT2D eigenvalue weighted by atomic mass is 15.1. The number of hydrogen-bond acceptors (Lipinski definition) is 6. The lowest BCUT2D eigenvalue weighted by atomic mass is 10.1. The third kappa shape index (κ3) is 2.89. The lowest BCUT2D eigenvalue weighted by Gasteiger charge is -2.04. The Balaban J connectivity index is 2.04. The van der Waals surface area contributed by atoms with Gasteiger partial charge in [-0.1, -0.05) is 12.0 Å². The molecule has 0 amide bonds. The topological polar surface area (TPSA) is 126 Å². The average Bonchev–Trinajstić information content (AvgIpc) is 2.60. The first kappa shape index (κ1) is 15.1. The summed E-state index contributed by atoms with van der Waals surface area (Å²) in [7, 11) is 0. The van der Waals surface area contributed by atoms with E-state index in [1.807, 2.05) is 18.2 Å². The summed E-state index contributed by atoms with van der Waals surface area (Å²) < 4.78 is 0. The number of fused-ring (bicyclic) bond motifs is 1. The first-order valence-corrected chi connectivity index (χ1v) is 6.95. The molecule has 3 aromatic rings. The van der Waals surface area contributed by atoms with Gasteiger partial charge in [-0.15, -0.1) is 16.7 Å². The number of benzene rings is 1. The molecule has 0 saturated heterocycles. The quantitative estimate of drug-likeness (QED) is 0.297. The van der Waals surface area contributed by atoms with Crippen molar-refractivity contribution in [2.24, 2.45) is 16.0 Å². The van der Waals surface area contributed by atoms with E-state index in [1.54, 1.807) is 18.3 Å². The van der Waals surface area contributed by atoms with Gasteiger partial charge in [0, 0.05) is 22.5 Å². The van der Waals surface area contributed by atoms with Gasteiger partial charge in [0.1, 0.15) is 22.9 Å². The van der Waals surface area contributed by atoms with Crippen LogP contribution in [0.2, 0.25) is 0 Å². The van der Waals surface area contributed by atoms with Crippen LogP contribution < -0.4 is 11.5 Å². The number of azo groups is 1. The summed E-state index contributed by atoms with van der Waals surface area (Å²) in [5.41, 5.74) is 13.3. The van der Waals surface area contributed by atoms with Crippen LogP contribution in [0.4, 0.5) is 17.2 Å². The fourth-order valence-corrected chi connectivity index (χ4v) is 2.12. The molecule has 7 nitrogen and oxygen atoms in total. The number of pyridine rings is 2. The van der Waals surface area contributed by atoms with Crippen molar-refractivity contribution in [2.75, 3.05) is 5.73 Å². The van der Waals surface area contributed by atoms with Gasteiger partial charge in [-0.05, 0) is 24.3 Å². The number of anilines is 1. The molecule has 1 aromatic carbocycles. The zero-order chi connectivity index (χ0) is 17.1. The fraction of sp³-hybridized carbons (Fsp3) is 0. The Kier molecular flexibility index (Phi) is 3.87. The predicted octanol–water partition coefficient (Wildman–Crippen LogP) is 2.89. The number of hydrogen-bond donors (Lipinski definition) is 3. The number of nitrogens with one attached hydrogen (secondary N) is 1. The molecular formula is C17H13N7. The van der Waals surface area contributed by atoms with Crippen LogP contribution in [-0.2, 0) is 0 Å². The van der Waals surface area contributed by atoms with Crippen LogP contribution in [0.5, 0.6) is 0 Å². The maximum Gasteiger partial charge on any atom is 0.151 e. The summed E-state index contributed by atoms with van der Waals surface area (Å²) in [6, 6.07) is 8.76. The van der Waals surface area contributed by atoms with E-state index in [9.17, 15) is 0 Å². The molecule has 0 bridgehead atoms. The Labute approximate surface area is 138 Å². The van der Waals surface area contributed by atoms with Crippen molar-refractivity contribution >= 4 is 33.8 Å². The van der Waals surface area contributed by atoms with Crippen LogP contribution in [0.15, 0.2) is 53.0 Å². The highest BCUT2D eigenvalue weighted by molar-refractivity contribution is 5.96. The maximum absolute atomic E-state index is 7.32. The highest BCUT2D eigenvalue weighted by Crippen LogP contribution is 2.32. The molecule has 0 fully saturated rings. The molecule has 0 aliphatic carbocycles. The van der Waals surface area contributed by atoms with Gasteiger partial charge in [0.2, 0.25) is 0 Å². The van der Waals surface area contributed by atoms with Crippen LogP contribution in [0.25, 0.3) is 10.8 Å². The van der Waals surface area contributed by atoms with Gasteiger partial charge in [-0.25, -0.2) is 4.98 Å². The van der Waals surface area contributed by atoms with Gasteiger partial charge in [0.05, 0.1) is 6.20 Å². The van der Waals surface area contributed by atoms with Crippen molar-refractivity contribution in [2.45, 2.75) is 0 Å². The summed E-state index contributed by atoms with van der Waals surface area (Å²) in [5, 5.41) is 17.3. The minimum Gasteiger partial charge on any atom is -0.382 e. The third-order valence-electron chi connectivity index (χ3n) is 3.35. The largest absolute Gasteiger partial charge is 0.382 e. The Morgan fingerprint density at radius 2 is 1.96 bits per heavy atom. The van der Waals surface area contributed by atoms with Crippen LogP contribution in [0.1, 0.15) is 11.3 Å². The summed E-state index contributed by atoms with van der Waals surface area (Å²) in [6.45, 7) is 0. The van der Waals surface area contributed by atoms with Crippen molar-refractivity contribution in [3.05, 3.63) is 54.0 Å². The van der Waals surface area contributed by atoms with E-state index < -0.39 is 0 Å². The van der Waals surface area contributed by atoms with Crippen molar-refractivity contribution in [1.82, 2.24) is 9.97 Å². The van der Waals surface area contributed by atoms with E-state index in [-0.39, 0.29) is 11.7 Å². The molecule has 0 unspecified atom stereocenters. The van der Waals surface area contributed by atoms with Gasteiger partial charge in [-0.3, -0.25) is 10.4 Å². The number of rotatable bonds is 3. The molecule has 0 aliphatic rings. The molecule has 5 N–H and O–H groups in total. The van der Waals surface area contributed by atoms with Gasteiger partial charge >= 0.3 is 0 Å². The van der Waals surface area contributed by atoms with Crippen molar-refractivity contribution < 1.29 is 0 Å². The van der Waals surface area contributed by atoms with Crippen LogP contribution in [0.3, 0.4) is 0 Å². The fourth-order valence-electron chi connectivity index (χ4n) is 2.12. The van der Waals surface area contributed by atoms with Crippen molar-refractivity contribution in [3.63, 3.8) is 0 Å². The van der Waals surface area contributed by atoms with Crippen molar-refractivity contribution in [1.29, 1.82) is 5.41 Å². The maximum atomic E-state index is 7.32. The molecule has 7 heteroatoms. The number of nitrogens with zero attached hydrogens (tertiary/aromatic N) is 4. The molecule has 2 aromatic heterocycles. The molecule has 24 heavy (non-hydrogen) atoms. The van der Waals surface area contributed by atoms with E-state index in [0.717, 1.165) is 16.3 Å². The minimum absolute atomic E-state index is 0.109. The number of nitrogens with two attached hydrogens (primary N) is 2. The molecule has 3 rings (SSSR count). The lowest BCUT2D eigenvalue weighted by molar-refractivity contribution is 1.18.